The third-order valence-corrected chi connectivity index (χ3v) is 4.82. The van der Waals surface area contributed by atoms with Gasteiger partial charge in [-0.15, -0.1) is 11.8 Å². The summed E-state index contributed by atoms with van der Waals surface area (Å²) in [6.45, 7) is 16.6. The van der Waals surface area contributed by atoms with Gasteiger partial charge in [-0.1, -0.05) is 56.9 Å². The maximum atomic E-state index is 4.73. The van der Waals surface area contributed by atoms with Crippen LogP contribution in [0, 0.1) is 0 Å². The number of rotatable bonds is 7. The van der Waals surface area contributed by atoms with Crippen molar-refractivity contribution in [1.82, 2.24) is 0 Å². The Morgan fingerprint density at radius 3 is 2.70 bits per heavy atom. The standard InChI is InChI=1S/C21H29NS.H2/c1-7-11-19(10-4)20(16(5)8-2)15-23-21-13-12-18(9-3)14-17(6)22-21;/h7,9,11-12,14H,3,5,8,10,13,15H2,1-2,4,6H3;1H/b11-7-,20-19-;. The molecule has 23 heavy (non-hydrogen) atoms. The molecule has 0 spiro atoms. The van der Waals surface area contributed by atoms with Crippen LogP contribution >= 0.6 is 11.8 Å². The van der Waals surface area contributed by atoms with E-state index in [0.717, 1.165) is 41.3 Å². The highest BCUT2D eigenvalue weighted by Gasteiger charge is 2.10. The number of hydrogen-bond acceptors (Lipinski definition) is 2. The molecule has 0 radical (unpaired) electrons. The first-order valence-electron chi connectivity index (χ1n) is 8.29. The highest BCUT2D eigenvalue weighted by molar-refractivity contribution is 8.14. The molecular formula is C21H31NS. The Morgan fingerprint density at radius 2 is 2.13 bits per heavy atom. The van der Waals surface area contributed by atoms with Gasteiger partial charge in [0.2, 0.25) is 0 Å². The van der Waals surface area contributed by atoms with Gasteiger partial charge in [0.25, 0.3) is 0 Å². The highest BCUT2D eigenvalue weighted by atomic mass is 32.2. The first-order valence-corrected chi connectivity index (χ1v) is 9.28. The van der Waals surface area contributed by atoms with E-state index < -0.39 is 0 Å². The molecule has 0 aromatic rings. The number of hydrogen-bond donors (Lipinski definition) is 0. The van der Waals surface area contributed by atoms with Crippen LogP contribution in [0.25, 0.3) is 0 Å². The van der Waals surface area contributed by atoms with Crippen LogP contribution in [-0.4, -0.2) is 10.8 Å². The van der Waals surface area contributed by atoms with Crippen LogP contribution in [-0.2, 0) is 0 Å². The van der Waals surface area contributed by atoms with Crippen LogP contribution in [0.4, 0.5) is 0 Å². The molecule has 0 atom stereocenters. The summed E-state index contributed by atoms with van der Waals surface area (Å²) in [6, 6.07) is 0. The van der Waals surface area contributed by atoms with E-state index in [9.17, 15) is 0 Å². The smallest absolute Gasteiger partial charge is 0.0775 e. The summed E-state index contributed by atoms with van der Waals surface area (Å²) >= 11 is 1.83. The second kappa shape index (κ2) is 10.3. The summed E-state index contributed by atoms with van der Waals surface area (Å²) in [5.41, 5.74) is 6.19. The average Bonchev–Trinajstić information content (AvgIpc) is 2.74. The molecule has 0 N–H and O–H groups in total. The Kier molecular flexibility index (Phi) is 8.71. The number of allylic oxidation sites excluding steroid dienone is 9. The van der Waals surface area contributed by atoms with Gasteiger partial charge in [0.05, 0.1) is 5.04 Å². The molecule has 0 unspecified atom stereocenters. The number of nitrogens with zero attached hydrogens (tertiary/aromatic N) is 1. The topological polar surface area (TPSA) is 12.4 Å². The lowest BCUT2D eigenvalue weighted by molar-refractivity contribution is 1.06. The predicted molar refractivity (Wildman–Crippen MR) is 110 cm³/mol. The van der Waals surface area contributed by atoms with Gasteiger partial charge in [-0.3, -0.25) is 4.99 Å². The maximum Gasteiger partial charge on any atom is 0.0775 e. The van der Waals surface area contributed by atoms with Gasteiger partial charge in [0.1, 0.15) is 0 Å². The first-order chi connectivity index (χ1) is 11.0. The fourth-order valence-electron chi connectivity index (χ4n) is 2.44. The van der Waals surface area contributed by atoms with Crippen molar-refractivity contribution in [2.75, 3.05) is 5.75 Å². The third kappa shape index (κ3) is 6.23. The molecule has 0 amide bonds. The summed E-state index contributed by atoms with van der Waals surface area (Å²) in [6.07, 6.45) is 13.4. The van der Waals surface area contributed by atoms with E-state index in [0.29, 0.717) is 0 Å². The largest absolute Gasteiger partial charge is 0.251 e. The zero-order chi connectivity index (χ0) is 17.2. The molecule has 0 aromatic carbocycles. The molecule has 0 saturated heterocycles. The highest BCUT2D eigenvalue weighted by Crippen LogP contribution is 2.27. The molecule has 1 heterocycles. The Balaban J connectivity index is 0.00000529. The van der Waals surface area contributed by atoms with E-state index >= 15 is 0 Å². The van der Waals surface area contributed by atoms with Gasteiger partial charge >= 0.3 is 0 Å². The van der Waals surface area contributed by atoms with E-state index in [1.54, 1.807) is 0 Å². The molecule has 1 aliphatic rings. The first kappa shape index (κ1) is 19.5. The molecule has 126 valence electrons. The van der Waals surface area contributed by atoms with Crippen LogP contribution in [0.1, 0.15) is 48.4 Å². The average molecular weight is 330 g/mol. The molecule has 0 aliphatic carbocycles. The van der Waals surface area contributed by atoms with Gasteiger partial charge in [-0.2, -0.15) is 0 Å². The van der Waals surface area contributed by atoms with Crippen LogP contribution in [0.5, 0.6) is 0 Å². The lowest BCUT2D eigenvalue weighted by atomic mass is 9.99. The van der Waals surface area contributed by atoms with Crippen LogP contribution in [0.15, 0.2) is 76.5 Å². The van der Waals surface area contributed by atoms with Crippen LogP contribution < -0.4 is 0 Å². The van der Waals surface area contributed by atoms with Crippen molar-refractivity contribution < 1.29 is 1.43 Å². The number of thioether (sulfide) groups is 1. The lowest BCUT2D eigenvalue weighted by Gasteiger charge is -2.14. The Labute approximate surface area is 147 Å². The van der Waals surface area contributed by atoms with Crippen molar-refractivity contribution in [2.45, 2.75) is 47.0 Å². The van der Waals surface area contributed by atoms with Gasteiger partial charge in [0.15, 0.2) is 0 Å². The zero-order valence-corrected chi connectivity index (χ0v) is 15.8. The van der Waals surface area contributed by atoms with E-state index in [2.05, 4.69) is 58.2 Å². The Bertz CT molecular complexity index is 603. The minimum atomic E-state index is 0. The van der Waals surface area contributed by atoms with Crippen molar-refractivity contribution in [2.24, 2.45) is 4.99 Å². The normalized spacial score (nSPS) is 16.3. The van der Waals surface area contributed by atoms with Gasteiger partial charge in [-0.25, -0.2) is 0 Å². The van der Waals surface area contributed by atoms with Crippen molar-refractivity contribution in [3.8, 4) is 0 Å². The second-order valence-corrected chi connectivity index (χ2v) is 6.56. The molecule has 2 heteroatoms. The molecule has 0 bridgehead atoms. The van der Waals surface area contributed by atoms with Gasteiger partial charge in [-0.05, 0) is 49.5 Å². The van der Waals surface area contributed by atoms with Crippen LogP contribution in [0.2, 0.25) is 0 Å². The third-order valence-electron chi connectivity index (χ3n) is 3.80. The quantitative estimate of drug-likeness (QED) is 0.456. The van der Waals surface area contributed by atoms with E-state index in [4.69, 9.17) is 4.99 Å². The zero-order valence-electron chi connectivity index (χ0n) is 15.0. The molecule has 1 aliphatic heterocycles. The fraction of sp³-hybridized carbons (Fsp3) is 0.381. The van der Waals surface area contributed by atoms with Gasteiger partial charge in [0, 0.05) is 19.3 Å². The summed E-state index contributed by atoms with van der Waals surface area (Å²) in [4.78, 5) is 4.73. The monoisotopic (exact) mass is 329 g/mol. The molecule has 1 rings (SSSR count). The van der Waals surface area contributed by atoms with Crippen molar-refractivity contribution in [1.29, 1.82) is 0 Å². The van der Waals surface area contributed by atoms with Crippen LogP contribution in [0.3, 0.4) is 0 Å². The second-order valence-electron chi connectivity index (χ2n) is 5.51. The Morgan fingerprint density at radius 1 is 1.39 bits per heavy atom. The van der Waals surface area contributed by atoms with E-state index in [-0.39, 0.29) is 1.43 Å². The summed E-state index contributed by atoms with van der Waals surface area (Å²) in [5, 5.41) is 1.16. The predicted octanol–water partition coefficient (Wildman–Crippen LogP) is 7.03. The van der Waals surface area contributed by atoms with Gasteiger partial charge < -0.3 is 0 Å². The van der Waals surface area contributed by atoms with E-state index in [1.807, 2.05) is 24.8 Å². The minimum Gasteiger partial charge on any atom is -0.251 e. The summed E-state index contributed by atoms with van der Waals surface area (Å²) in [7, 11) is 0. The van der Waals surface area contributed by atoms with Crippen molar-refractivity contribution in [3.05, 3.63) is 71.5 Å². The summed E-state index contributed by atoms with van der Waals surface area (Å²) in [5.74, 6) is 0.934. The van der Waals surface area contributed by atoms with E-state index in [1.165, 1.54) is 16.7 Å². The molecule has 0 aromatic heterocycles. The Hall–Kier alpha value is -1.54. The lowest BCUT2D eigenvalue weighted by Crippen LogP contribution is -2.00. The van der Waals surface area contributed by atoms with Crippen molar-refractivity contribution >= 4 is 16.8 Å². The molecule has 1 nitrogen and oxygen atoms in total. The molecule has 0 saturated carbocycles. The SMILES string of the molecule is C=CC1=CCC(SC/C(C(=C)CC)=C(/C=C\C)CC)=NC(C)=C1.[HH]. The fourth-order valence-corrected chi connectivity index (χ4v) is 3.55. The summed E-state index contributed by atoms with van der Waals surface area (Å²) < 4.78 is 0. The number of aliphatic imine (C=N–C) groups is 1. The molecular weight excluding hydrogens is 298 g/mol. The van der Waals surface area contributed by atoms with Crippen molar-refractivity contribution in [3.63, 3.8) is 0 Å². The molecule has 0 fully saturated rings. The maximum absolute atomic E-state index is 4.73. The minimum absolute atomic E-state index is 0.